The first-order valence-electron chi connectivity index (χ1n) is 8.60. The Labute approximate surface area is 143 Å². The van der Waals surface area contributed by atoms with Crippen molar-refractivity contribution in [2.45, 2.75) is 32.4 Å². The van der Waals surface area contributed by atoms with E-state index in [9.17, 15) is 0 Å². The number of guanidine groups is 1. The maximum atomic E-state index is 5.38. The summed E-state index contributed by atoms with van der Waals surface area (Å²) in [6.45, 7) is 3.79. The standard InChI is InChI=1S/C20H23N3O/c1-3-21-20-22-19-7-5-4-6-15(19)13-23(20)17-10-14-8-9-18(24-2)12-16(14)11-17/h4-9,12,17H,3,10-11,13H2,1-2H3,(H,21,22). The molecule has 24 heavy (non-hydrogen) atoms. The van der Waals surface area contributed by atoms with Gasteiger partial charge in [-0.05, 0) is 54.7 Å². The molecule has 2 aromatic rings. The zero-order valence-corrected chi connectivity index (χ0v) is 14.2. The number of rotatable bonds is 3. The van der Waals surface area contributed by atoms with Gasteiger partial charge in [-0.15, -0.1) is 0 Å². The molecule has 0 aromatic heterocycles. The molecule has 1 atom stereocenters. The van der Waals surface area contributed by atoms with E-state index in [1.807, 2.05) is 0 Å². The van der Waals surface area contributed by atoms with E-state index in [0.717, 1.165) is 37.6 Å². The van der Waals surface area contributed by atoms with Gasteiger partial charge in [0.05, 0.1) is 7.11 Å². The molecule has 0 spiro atoms. The molecule has 4 heteroatoms. The molecule has 1 aliphatic carbocycles. The lowest BCUT2D eigenvalue weighted by molar-refractivity contribution is 0.306. The largest absolute Gasteiger partial charge is 0.497 e. The number of hydrogen-bond acceptors (Lipinski definition) is 2. The van der Waals surface area contributed by atoms with Crippen molar-refractivity contribution in [3.8, 4) is 5.75 Å². The van der Waals surface area contributed by atoms with Crippen molar-refractivity contribution in [3.63, 3.8) is 0 Å². The Morgan fingerprint density at radius 1 is 1.12 bits per heavy atom. The molecule has 1 N–H and O–H groups in total. The minimum atomic E-state index is 0.443. The molecule has 1 aliphatic heterocycles. The molecular formula is C20H23N3O. The Kier molecular flexibility index (Phi) is 3.89. The first-order valence-corrected chi connectivity index (χ1v) is 8.60. The van der Waals surface area contributed by atoms with Gasteiger partial charge in [-0.25, -0.2) is 0 Å². The van der Waals surface area contributed by atoms with Crippen LogP contribution in [0.15, 0.2) is 47.5 Å². The number of nitrogens with zero attached hydrogens (tertiary/aromatic N) is 2. The minimum absolute atomic E-state index is 0.443. The van der Waals surface area contributed by atoms with Crippen LogP contribution in [0, 0.1) is 0 Å². The lowest BCUT2D eigenvalue weighted by atomic mass is 10.1. The molecular weight excluding hydrogens is 298 g/mol. The fourth-order valence-electron chi connectivity index (χ4n) is 3.73. The van der Waals surface area contributed by atoms with Crippen LogP contribution in [0.25, 0.3) is 0 Å². The average Bonchev–Trinajstić information content (AvgIpc) is 3.04. The zero-order valence-electron chi connectivity index (χ0n) is 14.2. The van der Waals surface area contributed by atoms with Gasteiger partial charge in [0.25, 0.3) is 0 Å². The molecule has 2 aliphatic rings. The van der Waals surface area contributed by atoms with Gasteiger partial charge in [-0.2, -0.15) is 0 Å². The van der Waals surface area contributed by atoms with Crippen LogP contribution in [-0.4, -0.2) is 30.6 Å². The Hall–Kier alpha value is -2.49. The van der Waals surface area contributed by atoms with Crippen LogP contribution in [0.1, 0.15) is 23.6 Å². The van der Waals surface area contributed by atoms with E-state index in [2.05, 4.69) is 59.6 Å². The first-order chi connectivity index (χ1) is 11.8. The normalized spacial score (nSPS) is 20.5. The number of ether oxygens (including phenoxy) is 1. The topological polar surface area (TPSA) is 36.9 Å². The number of nitrogens with one attached hydrogen (secondary N) is 1. The van der Waals surface area contributed by atoms with E-state index in [-0.39, 0.29) is 0 Å². The molecule has 0 amide bonds. The molecule has 0 radical (unpaired) electrons. The summed E-state index contributed by atoms with van der Waals surface area (Å²) in [5.74, 6) is 1.94. The number of para-hydroxylation sites is 1. The number of anilines is 1. The molecule has 0 fully saturated rings. The smallest absolute Gasteiger partial charge is 0.199 e. The van der Waals surface area contributed by atoms with Crippen molar-refractivity contribution in [2.24, 2.45) is 4.99 Å². The van der Waals surface area contributed by atoms with E-state index in [1.54, 1.807) is 7.11 Å². The molecule has 0 bridgehead atoms. The van der Waals surface area contributed by atoms with Gasteiger partial charge in [-0.1, -0.05) is 24.3 Å². The van der Waals surface area contributed by atoms with Crippen LogP contribution in [0.3, 0.4) is 0 Å². The van der Waals surface area contributed by atoms with Gasteiger partial charge in [-0.3, -0.25) is 4.99 Å². The monoisotopic (exact) mass is 321 g/mol. The van der Waals surface area contributed by atoms with Crippen molar-refractivity contribution in [1.29, 1.82) is 0 Å². The van der Waals surface area contributed by atoms with Gasteiger partial charge in [0.2, 0.25) is 0 Å². The minimum Gasteiger partial charge on any atom is -0.497 e. The maximum absolute atomic E-state index is 5.38. The van der Waals surface area contributed by atoms with E-state index >= 15 is 0 Å². The predicted octanol–water partition coefficient (Wildman–Crippen LogP) is 3.47. The maximum Gasteiger partial charge on any atom is 0.199 e. The van der Waals surface area contributed by atoms with Gasteiger partial charge in [0, 0.05) is 24.8 Å². The number of benzene rings is 2. The summed E-state index contributed by atoms with van der Waals surface area (Å²) in [5.41, 5.74) is 5.34. The fraction of sp³-hybridized carbons (Fsp3) is 0.350. The summed E-state index contributed by atoms with van der Waals surface area (Å²) in [6.07, 6.45) is 2.10. The van der Waals surface area contributed by atoms with Gasteiger partial charge in [0.15, 0.2) is 5.96 Å². The second-order valence-electron chi connectivity index (χ2n) is 6.40. The molecule has 1 heterocycles. The van der Waals surface area contributed by atoms with Crippen molar-refractivity contribution in [1.82, 2.24) is 4.90 Å². The van der Waals surface area contributed by atoms with Gasteiger partial charge in [0.1, 0.15) is 5.75 Å². The van der Waals surface area contributed by atoms with Gasteiger partial charge < -0.3 is 15.0 Å². The SMILES string of the molecule is CCN=C1Nc2ccccc2CN1C1Cc2ccc(OC)cc2C1. The lowest BCUT2D eigenvalue weighted by Gasteiger charge is -2.37. The highest BCUT2D eigenvalue weighted by molar-refractivity contribution is 5.96. The summed E-state index contributed by atoms with van der Waals surface area (Å²) in [5, 5.41) is 3.53. The molecule has 1 unspecified atom stereocenters. The molecule has 0 saturated carbocycles. The second kappa shape index (κ2) is 6.19. The van der Waals surface area contributed by atoms with Gasteiger partial charge >= 0.3 is 0 Å². The van der Waals surface area contributed by atoms with Crippen LogP contribution in [0.4, 0.5) is 5.69 Å². The van der Waals surface area contributed by atoms with Crippen LogP contribution >= 0.6 is 0 Å². The van der Waals surface area contributed by atoms with Crippen molar-refractivity contribution in [2.75, 3.05) is 19.0 Å². The third-order valence-corrected chi connectivity index (χ3v) is 4.95. The molecule has 4 rings (SSSR count). The average molecular weight is 321 g/mol. The lowest BCUT2D eigenvalue weighted by Crippen LogP contribution is -2.46. The summed E-state index contributed by atoms with van der Waals surface area (Å²) in [6, 6.07) is 15.4. The van der Waals surface area contributed by atoms with Crippen molar-refractivity contribution >= 4 is 11.6 Å². The van der Waals surface area contributed by atoms with Crippen molar-refractivity contribution in [3.05, 3.63) is 59.2 Å². The highest BCUT2D eigenvalue weighted by Crippen LogP contribution is 2.32. The number of hydrogen-bond donors (Lipinski definition) is 1. The zero-order chi connectivity index (χ0) is 16.5. The Morgan fingerprint density at radius 3 is 2.79 bits per heavy atom. The van der Waals surface area contributed by atoms with E-state index in [0.29, 0.717) is 6.04 Å². The Bertz CT molecular complexity index is 784. The summed E-state index contributed by atoms with van der Waals surface area (Å²) in [7, 11) is 1.73. The Morgan fingerprint density at radius 2 is 1.96 bits per heavy atom. The fourth-order valence-corrected chi connectivity index (χ4v) is 3.73. The van der Waals surface area contributed by atoms with Crippen LogP contribution < -0.4 is 10.1 Å². The summed E-state index contributed by atoms with van der Waals surface area (Å²) in [4.78, 5) is 7.14. The van der Waals surface area contributed by atoms with Crippen LogP contribution in [-0.2, 0) is 19.4 Å². The summed E-state index contributed by atoms with van der Waals surface area (Å²) < 4.78 is 5.38. The number of fused-ring (bicyclic) bond motifs is 2. The predicted molar refractivity (Wildman–Crippen MR) is 97.8 cm³/mol. The molecule has 124 valence electrons. The number of methoxy groups -OCH3 is 1. The van der Waals surface area contributed by atoms with E-state index < -0.39 is 0 Å². The van der Waals surface area contributed by atoms with E-state index in [4.69, 9.17) is 9.73 Å². The van der Waals surface area contributed by atoms with Crippen LogP contribution in [0.5, 0.6) is 5.75 Å². The highest BCUT2D eigenvalue weighted by atomic mass is 16.5. The first kappa shape index (κ1) is 15.1. The van der Waals surface area contributed by atoms with E-state index in [1.165, 1.54) is 22.4 Å². The number of aliphatic imine (C=N–C) groups is 1. The summed E-state index contributed by atoms with van der Waals surface area (Å²) >= 11 is 0. The molecule has 0 saturated heterocycles. The van der Waals surface area contributed by atoms with Crippen molar-refractivity contribution < 1.29 is 4.74 Å². The third-order valence-electron chi connectivity index (χ3n) is 4.95. The van der Waals surface area contributed by atoms with Crippen LogP contribution in [0.2, 0.25) is 0 Å². The third kappa shape index (κ3) is 2.62. The molecule has 4 nitrogen and oxygen atoms in total. The Balaban J connectivity index is 1.62. The quantitative estimate of drug-likeness (QED) is 0.940. The molecule has 2 aromatic carbocycles. The second-order valence-corrected chi connectivity index (χ2v) is 6.40. The highest BCUT2D eigenvalue weighted by Gasteiger charge is 2.32.